The minimum atomic E-state index is -0.222. The molecule has 0 saturated carbocycles. The van der Waals surface area contributed by atoms with Crippen molar-refractivity contribution in [3.05, 3.63) is 59.0 Å². The average molecular weight is 411 g/mol. The van der Waals surface area contributed by atoms with Crippen LogP contribution in [0.1, 0.15) is 24.2 Å². The maximum Gasteiger partial charge on any atom is 0.228 e. The second-order valence-corrected chi connectivity index (χ2v) is 7.17. The molecular weight excluding hydrogens is 392 g/mol. The van der Waals surface area contributed by atoms with Crippen LogP contribution in [-0.2, 0) is 11.3 Å². The molecule has 8 nitrogen and oxygen atoms in total. The third-order valence-corrected chi connectivity index (χ3v) is 5.15. The summed E-state index contributed by atoms with van der Waals surface area (Å²) in [6.45, 7) is 1.37. The normalized spacial score (nSPS) is 19.4. The highest BCUT2D eigenvalue weighted by Crippen LogP contribution is 2.24. The molecule has 2 aliphatic heterocycles. The second-order valence-electron chi connectivity index (χ2n) is 6.74. The summed E-state index contributed by atoms with van der Waals surface area (Å²) in [6.07, 6.45) is 4.86. The summed E-state index contributed by atoms with van der Waals surface area (Å²) in [5, 5.41) is 18.7. The van der Waals surface area contributed by atoms with Crippen LogP contribution in [0.5, 0.6) is 0 Å². The Labute approximate surface area is 173 Å². The van der Waals surface area contributed by atoms with E-state index < -0.39 is 0 Å². The average Bonchev–Trinajstić information content (AvgIpc) is 3.46. The molecule has 1 unspecified atom stereocenters. The van der Waals surface area contributed by atoms with Crippen molar-refractivity contribution in [2.24, 2.45) is 10.1 Å². The number of likely N-dealkylation sites (tertiary alicyclic amines) is 1. The van der Waals surface area contributed by atoms with Gasteiger partial charge in [-0.2, -0.15) is 10.4 Å². The number of nitrogens with one attached hydrogen (secondary N) is 1. The van der Waals surface area contributed by atoms with Crippen LogP contribution in [0, 0.1) is 11.5 Å². The molecule has 1 aromatic carbocycles. The van der Waals surface area contributed by atoms with Crippen molar-refractivity contribution >= 4 is 29.2 Å². The van der Waals surface area contributed by atoms with Gasteiger partial charge >= 0.3 is 0 Å². The first-order valence-corrected chi connectivity index (χ1v) is 9.67. The highest BCUT2D eigenvalue weighted by atomic mass is 35.5. The Kier molecular flexibility index (Phi) is 5.49. The van der Waals surface area contributed by atoms with E-state index in [0.717, 1.165) is 17.7 Å². The van der Waals surface area contributed by atoms with Crippen LogP contribution in [0.3, 0.4) is 0 Å². The zero-order valence-corrected chi connectivity index (χ0v) is 16.3. The summed E-state index contributed by atoms with van der Waals surface area (Å²) in [5.74, 6) is 1.10. The number of halogens is 1. The summed E-state index contributed by atoms with van der Waals surface area (Å²) in [7, 11) is 0. The van der Waals surface area contributed by atoms with Gasteiger partial charge in [0.1, 0.15) is 12.3 Å². The monoisotopic (exact) mass is 410 g/mol. The van der Waals surface area contributed by atoms with E-state index in [4.69, 9.17) is 26.4 Å². The lowest BCUT2D eigenvalue weighted by Crippen LogP contribution is -2.45. The first kappa shape index (κ1) is 19.0. The van der Waals surface area contributed by atoms with Crippen molar-refractivity contribution < 1.29 is 9.21 Å². The zero-order valence-electron chi connectivity index (χ0n) is 15.6. The van der Waals surface area contributed by atoms with E-state index in [-0.39, 0.29) is 18.5 Å². The molecule has 4 rings (SSSR count). The molecule has 0 spiro atoms. The topological polar surface area (TPSA) is 97.2 Å². The molecular formula is C20H19ClN6O2. The molecule has 1 fully saturated rings. The van der Waals surface area contributed by atoms with Crippen molar-refractivity contribution in [2.45, 2.75) is 25.4 Å². The number of furan rings is 1. The molecule has 1 N–H and O–H groups in total. The molecule has 1 aromatic heterocycles. The van der Waals surface area contributed by atoms with E-state index in [9.17, 15) is 4.79 Å². The minimum absolute atomic E-state index is 0.112. The standard InChI is InChI=1S/C20H19ClN6O2/c21-15-7-5-14(6-8-15)19-17(26-9-1-4-18(26)28)12-27(25-19)20(24-13-22)23-11-16-3-2-10-29-16/h2-3,5-8,10,17H,1,4,9,11-12H2,(H,23,24). The Hall–Kier alpha value is -3.31. The van der Waals surface area contributed by atoms with E-state index in [1.165, 1.54) is 0 Å². The van der Waals surface area contributed by atoms with Gasteiger partial charge in [0.05, 0.1) is 24.6 Å². The molecule has 0 bridgehead atoms. The fourth-order valence-corrected chi connectivity index (χ4v) is 3.65. The molecule has 1 saturated heterocycles. The van der Waals surface area contributed by atoms with Crippen molar-refractivity contribution in [3.63, 3.8) is 0 Å². The van der Waals surface area contributed by atoms with Crippen LogP contribution in [0.2, 0.25) is 5.02 Å². The van der Waals surface area contributed by atoms with Gasteiger partial charge in [-0.25, -0.2) is 10.0 Å². The number of nitrogens with zero attached hydrogens (tertiary/aromatic N) is 5. The second kappa shape index (κ2) is 8.37. The highest BCUT2D eigenvalue weighted by Gasteiger charge is 2.38. The van der Waals surface area contributed by atoms with Gasteiger partial charge in [-0.15, -0.1) is 0 Å². The first-order chi connectivity index (χ1) is 14.2. The molecule has 29 heavy (non-hydrogen) atoms. The minimum Gasteiger partial charge on any atom is -0.467 e. The summed E-state index contributed by atoms with van der Waals surface area (Å²) >= 11 is 6.03. The number of carbonyl (C=O) groups is 1. The number of rotatable bonds is 4. The van der Waals surface area contributed by atoms with Crippen LogP contribution in [0.25, 0.3) is 0 Å². The number of benzene rings is 1. The molecule has 1 amide bonds. The van der Waals surface area contributed by atoms with Crippen LogP contribution in [0.15, 0.2) is 57.2 Å². The number of nitriles is 1. The van der Waals surface area contributed by atoms with E-state index >= 15 is 0 Å². The lowest BCUT2D eigenvalue weighted by molar-refractivity contribution is -0.128. The largest absolute Gasteiger partial charge is 0.467 e. The fraction of sp³-hybridized carbons (Fsp3) is 0.300. The predicted octanol–water partition coefficient (Wildman–Crippen LogP) is 2.57. The van der Waals surface area contributed by atoms with Gasteiger partial charge in [0.15, 0.2) is 6.19 Å². The molecule has 148 valence electrons. The van der Waals surface area contributed by atoms with Crippen molar-refractivity contribution in [3.8, 4) is 6.19 Å². The quantitative estimate of drug-likeness (QED) is 0.361. The van der Waals surface area contributed by atoms with Gasteiger partial charge in [-0.3, -0.25) is 10.1 Å². The molecule has 2 aliphatic rings. The number of amides is 1. The van der Waals surface area contributed by atoms with Gasteiger partial charge in [-0.1, -0.05) is 23.7 Å². The van der Waals surface area contributed by atoms with Crippen molar-refractivity contribution in [1.82, 2.24) is 15.2 Å². The number of hydrazone groups is 1. The maximum absolute atomic E-state index is 12.4. The van der Waals surface area contributed by atoms with Gasteiger partial charge in [0.25, 0.3) is 0 Å². The van der Waals surface area contributed by atoms with E-state index in [1.54, 1.807) is 29.5 Å². The molecule has 2 aromatic rings. The number of aliphatic imine (C=N–C) groups is 1. The van der Waals surface area contributed by atoms with Crippen molar-refractivity contribution in [1.29, 1.82) is 5.26 Å². The van der Waals surface area contributed by atoms with Gasteiger partial charge in [-0.05, 0) is 30.7 Å². The van der Waals surface area contributed by atoms with Crippen LogP contribution in [-0.4, -0.2) is 46.6 Å². The smallest absolute Gasteiger partial charge is 0.228 e. The zero-order chi connectivity index (χ0) is 20.2. The Balaban J connectivity index is 1.65. The summed E-state index contributed by atoms with van der Waals surface area (Å²) < 4.78 is 5.31. The third kappa shape index (κ3) is 4.10. The molecule has 3 heterocycles. The lowest BCUT2D eigenvalue weighted by atomic mass is 10.0. The number of carbonyl (C=O) groups excluding carboxylic acids is 1. The molecule has 1 atom stereocenters. The first-order valence-electron chi connectivity index (χ1n) is 9.29. The van der Waals surface area contributed by atoms with Gasteiger partial charge < -0.3 is 9.32 Å². The van der Waals surface area contributed by atoms with Crippen LogP contribution in [0.4, 0.5) is 0 Å². The maximum atomic E-state index is 12.4. The van der Waals surface area contributed by atoms with Gasteiger partial charge in [0.2, 0.25) is 11.9 Å². The van der Waals surface area contributed by atoms with E-state index in [0.29, 0.717) is 36.3 Å². The summed E-state index contributed by atoms with van der Waals surface area (Å²) in [4.78, 5) is 18.7. The van der Waals surface area contributed by atoms with Crippen LogP contribution < -0.4 is 5.32 Å². The summed E-state index contributed by atoms with van der Waals surface area (Å²) in [6, 6.07) is 10.7. The third-order valence-electron chi connectivity index (χ3n) is 4.89. The molecule has 9 heteroatoms. The Morgan fingerprint density at radius 3 is 2.86 bits per heavy atom. The number of hydrogen-bond donors (Lipinski definition) is 1. The Bertz CT molecular complexity index is 977. The highest BCUT2D eigenvalue weighted by molar-refractivity contribution is 6.30. The Morgan fingerprint density at radius 1 is 1.38 bits per heavy atom. The van der Waals surface area contributed by atoms with Crippen molar-refractivity contribution in [2.75, 3.05) is 13.1 Å². The number of hydrogen-bond acceptors (Lipinski definition) is 5. The van der Waals surface area contributed by atoms with Crippen LogP contribution >= 0.6 is 11.6 Å². The van der Waals surface area contributed by atoms with E-state index in [1.807, 2.05) is 29.3 Å². The number of guanidine groups is 1. The summed E-state index contributed by atoms with van der Waals surface area (Å²) in [5.41, 5.74) is 1.63. The lowest BCUT2D eigenvalue weighted by Gasteiger charge is -2.25. The van der Waals surface area contributed by atoms with Gasteiger partial charge in [0, 0.05) is 23.6 Å². The fourth-order valence-electron chi connectivity index (χ4n) is 3.53. The SMILES string of the molecule is N#CNC(=NCc1ccco1)N1CC(N2CCCC2=O)C(c2ccc(Cl)cc2)=N1. The Morgan fingerprint density at radius 2 is 2.21 bits per heavy atom. The molecule has 0 aliphatic carbocycles. The predicted molar refractivity (Wildman–Crippen MR) is 108 cm³/mol. The molecule has 0 radical (unpaired) electrons. The van der Waals surface area contributed by atoms with E-state index in [2.05, 4.69) is 10.3 Å².